The van der Waals surface area contributed by atoms with Gasteiger partial charge in [0.15, 0.2) is 0 Å². The Kier molecular flexibility index (Phi) is 8.73. The Balaban J connectivity index is 1.26. The number of rotatable bonds is 5. The summed E-state index contributed by atoms with van der Waals surface area (Å²) in [6.07, 6.45) is 0. The van der Waals surface area contributed by atoms with Gasteiger partial charge in [0.05, 0.1) is 11.4 Å². The van der Waals surface area contributed by atoms with Crippen LogP contribution in [0, 0.1) is 0 Å². The van der Waals surface area contributed by atoms with E-state index in [2.05, 4.69) is 238 Å². The maximum atomic E-state index is 2.57. The van der Waals surface area contributed by atoms with Crippen LogP contribution < -0.4 is 4.90 Å². The minimum Gasteiger partial charge on any atom is -0.309 e. The van der Waals surface area contributed by atoms with Crippen molar-refractivity contribution in [2.45, 2.75) is 90.9 Å². The number of nitrogens with zero attached hydrogens (tertiary/aromatic N) is 1. The molecule has 0 N–H and O–H groups in total. The molecule has 0 amide bonds. The molecule has 61 heavy (non-hydrogen) atoms. The molecule has 10 rings (SSSR count). The second-order valence-electron chi connectivity index (χ2n) is 20.6. The van der Waals surface area contributed by atoms with Gasteiger partial charge in [-0.2, -0.15) is 0 Å². The molecule has 302 valence electrons. The highest BCUT2D eigenvalue weighted by Crippen LogP contribution is 2.57. The first-order valence-corrected chi connectivity index (χ1v) is 22.1. The Morgan fingerprint density at radius 3 is 1.54 bits per heavy atom. The molecule has 0 atom stereocenters. The second-order valence-corrected chi connectivity index (χ2v) is 20.6. The van der Waals surface area contributed by atoms with Gasteiger partial charge in [-0.05, 0) is 113 Å². The van der Waals surface area contributed by atoms with E-state index in [9.17, 15) is 0 Å². The molecule has 0 saturated carbocycles. The van der Waals surface area contributed by atoms with Crippen molar-refractivity contribution in [1.29, 1.82) is 0 Å². The van der Waals surface area contributed by atoms with E-state index in [0.717, 1.165) is 11.4 Å². The lowest BCUT2D eigenvalue weighted by molar-refractivity contribution is 0.569. The Bertz CT molecular complexity index is 3010. The molecular weight excluding hydrogens is 735 g/mol. The van der Waals surface area contributed by atoms with Crippen molar-refractivity contribution in [3.8, 4) is 44.5 Å². The van der Waals surface area contributed by atoms with E-state index in [0.29, 0.717) is 0 Å². The molecule has 2 aliphatic rings. The smallest absolute Gasteiger partial charge is 0.0543 e. The quantitative estimate of drug-likeness (QED) is 0.168. The van der Waals surface area contributed by atoms with Crippen molar-refractivity contribution >= 4 is 27.8 Å². The molecule has 0 spiro atoms. The third-order valence-electron chi connectivity index (χ3n) is 14.0. The average molecular weight is 792 g/mol. The Hall–Kier alpha value is -6.18. The SMILES string of the molecule is CC(C)(C)c1cc(-c2cccc3cccc(-c4ccccc4N(c4ccc5c(c4)C(C)(C)c4ccccc4-5)c4cccc5c4-c4ccccc4C5(C)C)c23)cc(C(C)(C)C)c1. The highest BCUT2D eigenvalue weighted by atomic mass is 15.1. The molecule has 1 heteroatoms. The van der Waals surface area contributed by atoms with Gasteiger partial charge >= 0.3 is 0 Å². The minimum atomic E-state index is -0.140. The molecule has 0 heterocycles. The summed E-state index contributed by atoms with van der Waals surface area (Å²) in [4.78, 5) is 2.57. The predicted octanol–water partition coefficient (Wildman–Crippen LogP) is 16.9. The topological polar surface area (TPSA) is 3.24 Å². The number of benzene rings is 8. The van der Waals surface area contributed by atoms with Gasteiger partial charge < -0.3 is 4.90 Å². The zero-order chi connectivity index (χ0) is 42.6. The molecule has 0 fully saturated rings. The summed E-state index contributed by atoms with van der Waals surface area (Å²) in [5, 5.41) is 2.52. The van der Waals surface area contributed by atoms with E-state index in [4.69, 9.17) is 0 Å². The largest absolute Gasteiger partial charge is 0.309 e. The molecule has 1 nitrogen and oxygen atoms in total. The van der Waals surface area contributed by atoms with E-state index < -0.39 is 0 Å². The van der Waals surface area contributed by atoms with Crippen molar-refractivity contribution in [3.63, 3.8) is 0 Å². The van der Waals surface area contributed by atoms with Gasteiger partial charge in [-0.1, -0.05) is 209 Å². The van der Waals surface area contributed by atoms with Crippen LogP contribution in [0.5, 0.6) is 0 Å². The van der Waals surface area contributed by atoms with Gasteiger partial charge in [0.2, 0.25) is 0 Å². The third-order valence-corrected chi connectivity index (χ3v) is 14.0. The standard InChI is InChI=1S/C60H57N/c1-57(2,3)40-34-39(35-41(36-40)58(4,5)6)43-25-17-20-38-21-18-26-47(55(38)43)46-23-13-16-30-53(46)61(42-32-33-45-44-22-11-14-27-49(44)60(9,10)52(45)37-42)54-31-19-29-51-56(54)48-24-12-15-28-50(48)59(51,7)8/h11-37H,1-10H3. The number of para-hydroxylation sites is 1. The van der Waals surface area contributed by atoms with Gasteiger partial charge in [0.25, 0.3) is 0 Å². The zero-order valence-electron chi connectivity index (χ0n) is 37.5. The van der Waals surface area contributed by atoms with Gasteiger partial charge in [-0.15, -0.1) is 0 Å². The highest BCUT2D eigenvalue weighted by Gasteiger charge is 2.39. The first-order chi connectivity index (χ1) is 29.0. The average Bonchev–Trinajstić information content (AvgIpc) is 3.62. The van der Waals surface area contributed by atoms with E-state index in [1.54, 1.807) is 0 Å². The Morgan fingerprint density at radius 1 is 0.377 bits per heavy atom. The highest BCUT2D eigenvalue weighted by molar-refractivity contribution is 6.09. The number of hydrogen-bond acceptors (Lipinski definition) is 1. The lowest BCUT2D eigenvalue weighted by Gasteiger charge is -2.32. The van der Waals surface area contributed by atoms with E-state index in [-0.39, 0.29) is 21.7 Å². The molecular formula is C60H57N. The lowest BCUT2D eigenvalue weighted by atomic mass is 9.78. The van der Waals surface area contributed by atoms with E-state index >= 15 is 0 Å². The first-order valence-electron chi connectivity index (χ1n) is 22.1. The summed E-state index contributed by atoms with van der Waals surface area (Å²) in [6.45, 7) is 23.5. The van der Waals surface area contributed by atoms with Crippen LogP contribution in [0.4, 0.5) is 17.1 Å². The van der Waals surface area contributed by atoms with E-state index in [1.165, 1.54) is 94.3 Å². The summed E-state index contributed by atoms with van der Waals surface area (Å²) in [6, 6.07) is 62.3. The first kappa shape index (κ1) is 39.0. The fraction of sp³-hybridized carbons (Fsp3) is 0.233. The molecule has 0 radical (unpaired) electrons. The van der Waals surface area contributed by atoms with Crippen molar-refractivity contribution < 1.29 is 0 Å². The van der Waals surface area contributed by atoms with Crippen molar-refractivity contribution in [2.75, 3.05) is 4.90 Å². The van der Waals surface area contributed by atoms with Crippen LogP contribution in [0.2, 0.25) is 0 Å². The van der Waals surface area contributed by atoms with Gasteiger partial charge in [0, 0.05) is 27.6 Å². The number of fused-ring (bicyclic) bond motifs is 7. The van der Waals surface area contributed by atoms with Crippen molar-refractivity contribution in [3.05, 3.63) is 197 Å². The molecule has 2 aliphatic carbocycles. The van der Waals surface area contributed by atoms with Crippen LogP contribution in [0.3, 0.4) is 0 Å². The molecule has 0 aliphatic heterocycles. The van der Waals surface area contributed by atoms with Gasteiger partial charge in [-0.3, -0.25) is 0 Å². The van der Waals surface area contributed by atoms with Gasteiger partial charge in [-0.25, -0.2) is 0 Å². The second kappa shape index (κ2) is 13.7. The van der Waals surface area contributed by atoms with Crippen LogP contribution >= 0.6 is 0 Å². The molecule has 8 aromatic carbocycles. The number of hydrogen-bond donors (Lipinski definition) is 0. The van der Waals surface area contributed by atoms with Crippen molar-refractivity contribution in [2.24, 2.45) is 0 Å². The number of anilines is 3. The van der Waals surface area contributed by atoms with Crippen LogP contribution in [-0.4, -0.2) is 0 Å². The normalized spacial score (nSPS) is 14.7. The fourth-order valence-corrected chi connectivity index (χ4v) is 10.5. The molecule has 0 aromatic heterocycles. The Labute approximate surface area is 363 Å². The summed E-state index contributed by atoms with van der Waals surface area (Å²) < 4.78 is 0. The van der Waals surface area contributed by atoms with Crippen LogP contribution in [-0.2, 0) is 21.7 Å². The molecule has 8 aromatic rings. The summed E-state index contributed by atoms with van der Waals surface area (Å²) >= 11 is 0. The van der Waals surface area contributed by atoms with Crippen LogP contribution in [0.1, 0.15) is 103 Å². The molecule has 0 unspecified atom stereocenters. The monoisotopic (exact) mass is 791 g/mol. The lowest BCUT2D eigenvalue weighted by Crippen LogP contribution is -2.18. The zero-order valence-corrected chi connectivity index (χ0v) is 37.5. The van der Waals surface area contributed by atoms with Crippen molar-refractivity contribution in [1.82, 2.24) is 0 Å². The fourth-order valence-electron chi connectivity index (χ4n) is 10.5. The maximum Gasteiger partial charge on any atom is 0.0543 e. The summed E-state index contributed by atoms with van der Waals surface area (Å²) in [5.74, 6) is 0. The van der Waals surface area contributed by atoms with Gasteiger partial charge in [0.1, 0.15) is 0 Å². The van der Waals surface area contributed by atoms with E-state index in [1.807, 2.05) is 0 Å². The predicted molar refractivity (Wildman–Crippen MR) is 262 cm³/mol. The van der Waals surface area contributed by atoms with Crippen LogP contribution in [0.25, 0.3) is 55.3 Å². The summed E-state index contributed by atoms with van der Waals surface area (Å²) in [7, 11) is 0. The molecule has 0 saturated heterocycles. The maximum absolute atomic E-state index is 2.57. The molecule has 0 bridgehead atoms. The third kappa shape index (κ3) is 6.11. The Morgan fingerprint density at radius 2 is 0.869 bits per heavy atom. The van der Waals surface area contributed by atoms with Crippen LogP contribution in [0.15, 0.2) is 164 Å². The summed E-state index contributed by atoms with van der Waals surface area (Å²) in [5.41, 5.74) is 21.7. The minimum absolute atomic E-state index is 0.00540.